The molecule has 122 valence electrons. The lowest BCUT2D eigenvalue weighted by molar-refractivity contribution is -0.138. The molecule has 0 heterocycles. The van der Waals surface area contributed by atoms with Crippen molar-refractivity contribution in [2.75, 3.05) is 7.11 Å². The number of carboxylic acids is 1. The van der Waals surface area contributed by atoms with E-state index in [1.807, 2.05) is 0 Å². The van der Waals surface area contributed by atoms with Crippen LogP contribution in [0.4, 0.5) is 4.39 Å². The molecule has 0 aliphatic heterocycles. The summed E-state index contributed by atoms with van der Waals surface area (Å²) in [5.41, 5.74) is 1.08. The molecule has 1 atom stereocenters. The summed E-state index contributed by atoms with van der Waals surface area (Å²) in [6.07, 6.45) is -0.0411. The van der Waals surface area contributed by atoms with Gasteiger partial charge in [-0.25, -0.2) is 4.39 Å². The summed E-state index contributed by atoms with van der Waals surface area (Å²) in [5, 5.41) is 19.9. The van der Waals surface area contributed by atoms with Crippen molar-refractivity contribution in [3.63, 3.8) is 0 Å². The zero-order valence-corrected chi connectivity index (χ0v) is 13.4. The van der Waals surface area contributed by atoms with E-state index in [0.29, 0.717) is 21.7 Å². The minimum atomic E-state index is -1.12. The highest BCUT2D eigenvalue weighted by molar-refractivity contribution is 6.30. The third-order valence-corrected chi connectivity index (χ3v) is 3.88. The summed E-state index contributed by atoms with van der Waals surface area (Å²) in [6, 6.07) is 7.20. The summed E-state index contributed by atoms with van der Waals surface area (Å²) >= 11 is 5.96. The fraction of sp³-hybridized carbons (Fsp3) is 0.235. The molecule has 0 aromatic heterocycles. The Morgan fingerprint density at radius 3 is 2.61 bits per heavy atom. The van der Waals surface area contributed by atoms with Crippen LogP contribution in [-0.2, 0) is 11.2 Å². The molecule has 2 aromatic rings. The van der Waals surface area contributed by atoms with Crippen LogP contribution >= 0.6 is 11.6 Å². The Bertz CT molecular complexity index is 746. The molecule has 0 amide bonds. The Kier molecular flexibility index (Phi) is 5.11. The number of ether oxygens (including phenoxy) is 1. The van der Waals surface area contributed by atoms with Crippen LogP contribution in [0.25, 0.3) is 0 Å². The molecule has 0 bridgehead atoms. The second-order valence-electron chi connectivity index (χ2n) is 5.22. The predicted molar refractivity (Wildman–Crippen MR) is 84.9 cm³/mol. The minimum absolute atomic E-state index is 0.0411. The van der Waals surface area contributed by atoms with E-state index in [9.17, 15) is 19.4 Å². The van der Waals surface area contributed by atoms with Gasteiger partial charge in [-0.1, -0.05) is 23.7 Å². The van der Waals surface area contributed by atoms with Gasteiger partial charge in [-0.2, -0.15) is 0 Å². The average Bonchev–Trinajstić information content (AvgIpc) is 2.50. The van der Waals surface area contributed by atoms with E-state index in [2.05, 4.69) is 0 Å². The van der Waals surface area contributed by atoms with E-state index in [1.54, 1.807) is 13.0 Å². The molecule has 0 fully saturated rings. The molecule has 2 rings (SSSR count). The van der Waals surface area contributed by atoms with E-state index < -0.39 is 17.7 Å². The largest absolute Gasteiger partial charge is 0.504 e. The standard InChI is InChI=1S/C17H16ClFO4/c1-9-3-4-10(7-14(9)19)13(17(21)22)6-11-5-12(18)8-15(23-2)16(11)20/h3-5,7-8,13,20H,6H2,1-2H3,(H,21,22). The fourth-order valence-electron chi connectivity index (χ4n) is 2.33. The van der Waals surface area contributed by atoms with Crippen LogP contribution in [0.1, 0.15) is 22.6 Å². The van der Waals surface area contributed by atoms with Gasteiger partial charge in [0.2, 0.25) is 0 Å². The molecule has 0 aliphatic rings. The molecular formula is C17H16ClFO4. The maximum Gasteiger partial charge on any atom is 0.311 e. The zero-order chi connectivity index (χ0) is 17.1. The van der Waals surface area contributed by atoms with E-state index in [1.165, 1.54) is 31.4 Å². The van der Waals surface area contributed by atoms with Gasteiger partial charge in [-0.15, -0.1) is 0 Å². The predicted octanol–water partition coefficient (Wildman–Crippen LogP) is 3.91. The van der Waals surface area contributed by atoms with Gasteiger partial charge in [-0.05, 0) is 36.6 Å². The smallest absolute Gasteiger partial charge is 0.311 e. The van der Waals surface area contributed by atoms with Crippen molar-refractivity contribution in [3.05, 3.63) is 57.9 Å². The van der Waals surface area contributed by atoms with Crippen LogP contribution in [0.2, 0.25) is 5.02 Å². The van der Waals surface area contributed by atoms with Gasteiger partial charge < -0.3 is 14.9 Å². The Morgan fingerprint density at radius 2 is 2.04 bits per heavy atom. The number of aromatic hydroxyl groups is 1. The van der Waals surface area contributed by atoms with Crippen LogP contribution in [-0.4, -0.2) is 23.3 Å². The van der Waals surface area contributed by atoms with Crippen molar-refractivity contribution in [1.29, 1.82) is 0 Å². The third kappa shape index (κ3) is 3.74. The highest BCUT2D eigenvalue weighted by Gasteiger charge is 2.24. The number of carbonyl (C=O) groups is 1. The molecule has 4 nitrogen and oxygen atoms in total. The number of hydrogen-bond donors (Lipinski definition) is 2. The molecule has 0 aliphatic carbocycles. The van der Waals surface area contributed by atoms with Gasteiger partial charge in [0.15, 0.2) is 11.5 Å². The summed E-state index contributed by atoms with van der Waals surface area (Å²) in [4.78, 5) is 11.6. The first-order valence-corrected chi connectivity index (χ1v) is 7.25. The normalized spacial score (nSPS) is 12.0. The van der Waals surface area contributed by atoms with Crippen LogP contribution in [0, 0.1) is 12.7 Å². The number of methoxy groups -OCH3 is 1. The Labute approximate surface area is 138 Å². The van der Waals surface area contributed by atoms with Gasteiger partial charge in [-0.3, -0.25) is 4.79 Å². The van der Waals surface area contributed by atoms with Gasteiger partial charge in [0.1, 0.15) is 5.82 Å². The first-order valence-electron chi connectivity index (χ1n) is 6.87. The van der Waals surface area contributed by atoms with Crippen LogP contribution in [0.15, 0.2) is 30.3 Å². The molecular weight excluding hydrogens is 323 g/mol. The van der Waals surface area contributed by atoms with Crippen LogP contribution in [0.5, 0.6) is 11.5 Å². The molecule has 0 saturated heterocycles. The van der Waals surface area contributed by atoms with Crippen molar-refractivity contribution in [1.82, 2.24) is 0 Å². The van der Waals surface area contributed by atoms with Crippen LogP contribution < -0.4 is 4.74 Å². The second kappa shape index (κ2) is 6.87. The van der Waals surface area contributed by atoms with Gasteiger partial charge in [0.25, 0.3) is 0 Å². The van der Waals surface area contributed by atoms with Crippen molar-refractivity contribution in [2.24, 2.45) is 0 Å². The number of halogens is 2. The number of phenols is 1. The molecule has 2 aromatic carbocycles. The Balaban J connectivity index is 2.43. The number of carboxylic acid groups (broad SMARTS) is 1. The Morgan fingerprint density at radius 1 is 1.35 bits per heavy atom. The van der Waals surface area contributed by atoms with E-state index in [4.69, 9.17) is 16.3 Å². The highest BCUT2D eigenvalue weighted by atomic mass is 35.5. The van der Waals surface area contributed by atoms with Crippen molar-refractivity contribution in [3.8, 4) is 11.5 Å². The van der Waals surface area contributed by atoms with E-state index in [0.717, 1.165) is 0 Å². The maximum atomic E-state index is 13.7. The monoisotopic (exact) mass is 338 g/mol. The highest BCUT2D eigenvalue weighted by Crippen LogP contribution is 2.36. The molecule has 0 saturated carbocycles. The summed E-state index contributed by atoms with van der Waals surface area (Å²) in [7, 11) is 1.37. The van der Waals surface area contributed by atoms with Gasteiger partial charge >= 0.3 is 5.97 Å². The summed E-state index contributed by atoms with van der Waals surface area (Å²) in [6.45, 7) is 1.60. The van der Waals surface area contributed by atoms with Crippen molar-refractivity contribution >= 4 is 17.6 Å². The lowest BCUT2D eigenvalue weighted by Gasteiger charge is -2.16. The number of aryl methyl sites for hydroxylation is 1. The molecule has 2 N–H and O–H groups in total. The molecule has 0 radical (unpaired) electrons. The number of rotatable bonds is 5. The summed E-state index contributed by atoms with van der Waals surface area (Å²) in [5.74, 6) is -2.62. The first-order chi connectivity index (χ1) is 10.8. The SMILES string of the molecule is COc1cc(Cl)cc(CC(C(=O)O)c2ccc(C)c(F)c2)c1O. The molecule has 6 heteroatoms. The number of phenolic OH excluding ortho intramolecular Hbond substituents is 1. The molecule has 1 unspecified atom stereocenters. The number of hydrogen-bond acceptors (Lipinski definition) is 3. The second-order valence-corrected chi connectivity index (χ2v) is 5.66. The number of aliphatic carboxylic acids is 1. The van der Waals surface area contributed by atoms with Gasteiger partial charge in [0, 0.05) is 16.7 Å². The fourth-order valence-corrected chi connectivity index (χ4v) is 2.56. The minimum Gasteiger partial charge on any atom is -0.504 e. The topological polar surface area (TPSA) is 66.8 Å². The Hall–Kier alpha value is -2.27. The number of benzene rings is 2. The van der Waals surface area contributed by atoms with E-state index >= 15 is 0 Å². The van der Waals surface area contributed by atoms with E-state index in [-0.39, 0.29) is 17.9 Å². The molecule has 0 spiro atoms. The average molecular weight is 339 g/mol. The van der Waals surface area contributed by atoms with Crippen molar-refractivity contribution < 1.29 is 24.1 Å². The quantitative estimate of drug-likeness (QED) is 0.867. The summed E-state index contributed by atoms with van der Waals surface area (Å²) < 4.78 is 18.7. The lowest BCUT2D eigenvalue weighted by Crippen LogP contribution is -2.15. The lowest BCUT2D eigenvalue weighted by atomic mass is 9.91. The third-order valence-electron chi connectivity index (χ3n) is 3.66. The first kappa shape index (κ1) is 17.1. The zero-order valence-electron chi connectivity index (χ0n) is 12.6. The maximum absolute atomic E-state index is 13.7. The molecule has 23 heavy (non-hydrogen) atoms. The van der Waals surface area contributed by atoms with Crippen LogP contribution in [0.3, 0.4) is 0 Å². The van der Waals surface area contributed by atoms with Gasteiger partial charge in [0.05, 0.1) is 13.0 Å². The van der Waals surface area contributed by atoms with Crippen molar-refractivity contribution in [2.45, 2.75) is 19.3 Å².